The summed E-state index contributed by atoms with van der Waals surface area (Å²) in [5.74, 6) is 0.911. The van der Waals surface area contributed by atoms with Crippen molar-refractivity contribution in [1.29, 1.82) is 0 Å². The van der Waals surface area contributed by atoms with Crippen LogP contribution in [-0.2, 0) is 11.3 Å². The molecule has 4 heterocycles. The van der Waals surface area contributed by atoms with Gasteiger partial charge in [0.1, 0.15) is 6.61 Å². The van der Waals surface area contributed by atoms with E-state index in [1.54, 1.807) is 24.8 Å². The van der Waals surface area contributed by atoms with E-state index in [9.17, 15) is 4.79 Å². The molecule has 4 rings (SSSR count). The lowest BCUT2D eigenvalue weighted by Crippen LogP contribution is -2.43. The predicted octanol–water partition coefficient (Wildman–Crippen LogP) is 2.66. The first-order valence-electron chi connectivity index (χ1n) is 9.24. The van der Waals surface area contributed by atoms with Crippen LogP contribution in [0, 0.1) is 6.92 Å². The molecule has 3 aromatic rings. The molecule has 1 atom stereocenters. The topological polar surface area (TPSA) is 94.2 Å². The van der Waals surface area contributed by atoms with E-state index in [0.29, 0.717) is 23.8 Å². The third-order valence-electron chi connectivity index (χ3n) is 4.64. The first kappa shape index (κ1) is 18.2. The summed E-state index contributed by atoms with van der Waals surface area (Å²) in [5.41, 5.74) is 2.42. The van der Waals surface area contributed by atoms with E-state index in [1.165, 1.54) is 0 Å². The van der Waals surface area contributed by atoms with E-state index in [0.717, 1.165) is 30.5 Å². The number of nitrogens with zero attached hydrogens (tertiary/aromatic N) is 5. The van der Waals surface area contributed by atoms with Crippen LogP contribution in [0.15, 0.2) is 47.5 Å². The molecule has 0 bridgehead atoms. The SMILES string of the molecule is Cc1cncc(C(=O)N2CCCC(OCc3nc(-c4ccncc4)no3)C2)c1. The minimum absolute atomic E-state index is 0.0118. The number of hydrogen-bond acceptors (Lipinski definition) is 7. The van der Waals surface area contributed by atoms with Crippen molar-refractivity contribution in [2.75, 3.05) is 13.1 Å². The van der Waals surface area contributed by atoms with Crippen molar-refractivity contribution in [2.24, 2.45) is 0 Å². The summed E-state index contributed by atoms with van der Waals surface area (Å²) in [4.78, 5) is 27.0. The summed E-state index contributed by atoms with van der Waals surface area (Å²) >= 11 is 0. The van der Waals surface area contributed by atoms with Crippen LogP contribution in [0.1, 0.15) is 34.7 Å². The lowest BCUT2D eigenvalue weighted by atomic mass is 10.1. The first-order valence-corrected chi connectivity index (χ1v) is 9.24. The van der Waals surface area contributed by atoms with Gasteiger partial charge in [-0.1, -0.05) is 5.16 Å². The zero-order chi connectivity index (χ0) is 19.3. The fourth-order valence-electron chi connectivity index (χ4n) is 3.23. The quantitative estimate of drug-likeness (QED) is 0.672. The third-order valence-corrected chi connectivity index (χ3v) is 4.64. The Morgan fingerprint density at radius 3 is 2.96 bits per heavy atom. The van der Waals surface area contributed by atoms with Crippen molar-refractivity contribution in [2.45, 2.75) is 32.5 Å². The number of aryl methyl sites for hydroxylation is 1. The van der Waals surface area contributed by atoms with Gasteiger partial charge in [0.2, 0.25) is 5.82 Å². The lowest BCUT2D eigenvalue weighted by molar-refractivity contribution is -0.0153. The Balaban J connectivity index is 1.34. The van der Waals surface area contributed by atoms with Gasteiger partial charge in [0.25, 0.3) is 11.8 Å². The van der Waals surface area contributed by atoms with Crippen molar-refractivity contribution in [3.63, 3.8) is 0 Å². The number of amides is 1. The van der Waals surface area contributed by atoms with Crippen LogP contribution in [-0.4, -0.2) is 50.1 Å². The van der Waals surface area contributed by atoms with Gasteiger partial charge in [-0.25, -0.2) is 0 Å². The third kappa shape index (κ3) is 4.23. The van der Waals surface area contributed by atoms with Crippen LogP contribution in [0.3, 0.4) is 0 Å². The van der Waals surface area contributed by atoms with Crippen LogP contribution < -0.4 is 0 Å². The molecule has 144 valence electrons. The maximum Gasteiger partial charge on any atom is 0.255 e. The first-order chi connectivity index (χ1) is 13.7. The summed E-state index contributed by atoms with van der Waals surface area (Å²) in [5, 5.41) is 3.98. The molecule has 1 amide bonds. The van der Waals surface area contributed by atoms with E-state index in [1.807, 2.05) is 30.0 Å². The molecule has 0 saturated carbocycles. The molecule has 1 saturated heterocycles. The van der Waals surface area contributed by atoms with E-state index in [-0.39, 0.29) is 18.6 Å². The maximum absolute atomic E-state index is 12.7. The molecular weight excluding hydrogens is 358 g/mol. The summed E-state index contributed by atoms with van der Waals surface area (Å²) < 4.78 is 11.2. The molecule has 1 aliphatic rings. The van der Waals surface area contributed by atoms with Crippen LogP contribution in [0.4, 0.5) is 0 Å². The monoisotopic (exact) mass is 379 g/mol. The largest absolute Gasteiger partial charge is 0.367 e. The van der Waals surface area contributed by atoms with E-state index >= 15 is 0 Å². The Kier molecular flexibility index (Phi) is 5.38. The van der Waals surface area contributed by atoms with Crippen LogP contribution in [0.2, 0.25) is 0 Å². The number of piperidine rings is 1. The van der Waals surface area contributed by atoms with Gasteiger partial charge >= 0.3 is 0 Å². The minimum Gasteiger partial charge on any atom is -0.367 e. The molecule has 0 aromatic carbocycles. The number of carbonyl (C=O) groups is 1. The zero-order valence-electron chi connectivity index (χ0n) is 15.6. The van der Waals surface area contributed by atoms with Gasteiger partial charge in [-0.2, -0.15) is 4.98 Å². The van der Waals surface area contributed by atoms with Crippen molar-refractivity contribution in [3.05, 3.63) is 60.0 Å². The number of hydrogen-bond donors (Lipinski definition) is 0. The second-order valence-electron chi connectivity index (χ2n) is 6.82. The van der Waals surface area contributed by atoms with Gasteiger partial charge in [0, 0.05) is 43.4 Å². The summed E-state index contributed by atoms with van der Waals surface area (Å²) in [7, 11) is 0. The number of rotatable bonds is 5. The molecule has 3 aromatic heterocycles. The second kappa shape index (κ2) is 8.26. The van der Waals surface area contributed by atoms with E-state index in [2.05, 4.69) is 20.1 Å². The molecule has 1 aliphatic heterocycles. The Labute approximate surface area is 162 Å². The Bertz CT molecular complexity index is 944. The van der Waals surface area contributed by atoms with Crippen LogP contribution in [0.25, 0.3) is 11.4 Å². The van der Waals surface area contributed by atoms with Gasteiger partial charge in [-0.15, -0.1) is 0 Å². The van der Waals surface area contributed by atoms with Gasteiger partial charge < -0.3 is 14.2 Å². The minimum atomic E-state index is -0.0632. The average Bonchev–Trinajstić information content (AvgIpc) is 3.22. The molecule has 1 fully saturated rings. The maximum atomic E-state index is 12.7. The van der Waals surface area contributed by atoms with Gasteiger partial charge in [-0.05, 0) is 43.5 Å². The molecule has 28 heavy (non-hydrogen) atoms. The lowest BCUT2D eigenvalue weighted by Gasteiger charge is -2.32. The van der Waals surface area contributed by atoms with Gasteiger partial charge in [-0.3, -0.25) is 14.8 Å². The summed E-state index contributed by atoms with van der Waals surface area (Å²) in [6.45, 7) is 3.41. The molecule has 0 radical (unpaired) electrons. The molecule has 8 heteroatoms. The molecule has 8 nitrogen and oxygen atoms in total. The van der Waals surface area contributed by atoms with E-state index < -0.39 is 0 Å². The molecule has 0 N–H and O–H groups in total. The number of likely N-dealkylation sites (tertiary alicyclic amines) is 1. The Morgan fingerprint density at radius 1 is 1.29 bits per heavy atom. The highest BCUT2D eigenvalue weighted by molar-refractivity contribution is 5.94. The van der Waals surface area contributed by atoms with Crippen LogP contribution in [0.5, 0.6) is 0 Å². The van der Waals surface area contributed by atoms with Crippen molar-refractivity contribution in [3.8, 4) is 11.4 Å². The Hall–Kier alpha value is -3.13. The fourth-order valence-corrected chi connectivity index (χ4v) is 3.23. The van der Waals surface area contributed by atoms with Crippen molar-refractivity contribution >= 4 is 5.91 Å². The predicted molar refractivity (Wildman–Crippen MR) is 100 cm³/mol. The molecule has 0 aliphatic carbocycles. The van der Waals surface area contributed by atoms with Crippen LogP contribution >= 0.6 is 0 Å². The highest BCUT2D eigenvalue weighted by Crippen LogP contribution is 2.19. The van der Waals surface area contributed by atoms with E-state index in [4.69, 9.17) is 9.26 Å². The number of aromatic nitrogens is 4. The highest BCUT2D eigenvalue weighted by atomic mass is 16.5. The van der Waals surface area contributed by atoms with Crippen molar-refractivity contribution < 1.29 is 14.1 Å². The number of ether oxygens (including phenoxy) is 1. The van der Waals surface area contributed by atoms with Gasteiger partial charge in [0.15, 0.2) is 0 Å². The second-order valence-corrected chi connectivity index (χ2v) is 6.82. The smallest absolute Gasteiger partial charge is 0.255 e. The zero-order valence-corrected chi connectivity index (χ0v) is 15.6. The summed E-state index contributed by atoms with van der Waals surface area (Å²) in [6.07, 6.45) is 8.43. The number of carbonyl (C=O) groups excluding carboxylic acids is 1. The van der Waals surface area contributed by atoms with Crippen molar-refractivity contribution in [1.82, 2.24) is 25.0 Å². The van der Waals surface area contributed by atoms with Gasteiger partial charge in [0.05, 0.1) is 11.7 Å². The normalized spacial score (nSPS) is 16.9. The molecule has 0 spiro atoms. The molecular formula is C20H21N5O3. The molecule has 1 unspecified atom stereocenters. The fraction of sp³-hybridized carbons (Fsp3) is 0.350. The standard InChI is InChI=1S/C20H21N5O3/c1-14-9-16(11-22-10-14)20(26)25-8-2-3-17(12-25)27-13-18-23-19(24-28-18)15-4-6-21-7-5-15/h4-7,9-11,17H,2-3,8,12-13H2,1H3. The average molecular weight is 379 g/mol. The Morgan fingerprint density at radius 2 is 2.14 bits per heavy atom. The highest BCUT2D eigenvalue weighted by Gasteiger charge is 2.25. The summed E-state index contributed by atoms with van der Waals surface area (Å²) in [6, 6.07) is 5.50. The number of pyridine rings is 2.